The fraction of sp³-hybridized carbons (Fsp3) is 0.105. The summed E-state index contributed by atoms with van der Waals surface area (Å²) >= 11 is 4.56. The lowest BCUT2D eigenvalue weighted by Crippen LogP contribution is -2.23. The van der Waals surface area contributed by atoms with Crippen molar-refractivity contribution in [1.82, 2.24) is 5.32 Å². The Morgan fingerprint density at radius 2 is 2.04 bits per heavy atom. The Morgan fingerprint density at radius 3 is 2.70 bits per heavy atom. The summed E-state index contributed by atoms with van der Waals surface area (Å²) < 4.78 is 19.4. The van der Waals surface area contributed by atoms with Gasteiger partial charge in [0, 0.05) is 6.92 Å². The van der Waals surface area contributed by atoms with E-state index in [-0.39, 0.29) is 16.9 Å². The van der Waals surface area contributed by atoms with E-state index >= 15 is 0 Å². The second kappa shape index (κ2) is 8.49. The molecular weight excluding hydrogens is 435 g/mol. The van der Waals surface area contributed by atoms with Gasteiger partial charge in [-0.25, -0.2) is 4.39 Å². The number of nitrogens with zero attached hydrogens (tertiary/aromatic N) is 1. The molecule has 1 aliphatic rings. The Kier molecular flexibility index (Phi) is 6.08. The molecule has 1 heterocycles. The molecule has 0 aromatic heterocycles. The number of aliphatic imine (C=N–C) groups is 1. The molecule has 0 bridgehead atoms. The first-order chi connectivity index (χ1) is 12.9. The molecule has 0 saturated carbocycles. The zero-order chi connectivity index (χ0) is 19.4. The molecule has 5 nitrogen and oxygen atoms in total. The van der Waals surface area contributed by atoms with Crippen LogP contribution < -0.4 is 10.1 Å². The zero-order valence-electron chi connectivity index (χ0n) is 14.2. The van der Waals surface area contributed by atoms with Crippen molar-refractivity contribution in [3.63, 3.8) is 0 Å². The summed E-state index contributed by atoms with van der Waals surface area (Å²) in [6.07, 6.45) is 1.69. The van der Waals surface area contributed by atoms with Crippen LogP contribution in [-0.2, 0) is 16.2 Å². The number of carbonyl (C=O) groups excluding carboxylic acids is 2. The summed E-state index contributed by atoms with van der Waals surface area (Å²) in [4.78, 5) is 27.2. The highest BCUT2D eigenvalue weighted by molar-refractivity contribution is 9.10. The number of carbonyl (C=O) groups is 2. The minimum absolute atomic E-state index is 0.275. The van der Waals surface area contributed by atoms with E-state index < -0.39 is 5.91 Å². The summed E-state index contributed by atoms with van der Waals surface area (Å²) in [7, 11) is 0. The number of rotatable bonds is 4. The van der Waals surface area contributed by atoms with E-state index in [1.807, 2.05) is 12.1 Å². The van der Waals surface area contributed by atoms with E-state index in [0.717, 1.165) is 27.4 Å². The van der Waals surface area contributed by atoms with Crippen molar-refractivity contribution in [1.29, 1.82) is 0 Å². The van der Waals surface area contributed by atoms with Crippen LogP contribution in [0.3, 0.4) is 0 Å². The highest BCUT2D eigenvalue weighted by Gasteiger charge is 2.22. The summed E-state index contributed by atoms with van der Waals surface area (Å²) in [5.41, 5.74) is 1.64. The van der Waals surface area contributed by atoms with Gasteiger partial charge in [-0.2, -0.15) is 4.99 Å². The standard InChI is InChI=1S/C19H14BrFN2O3S/c1-11(24)22-19-23-18(25)17(27-19)9-13-4-7-16(15(20)8-13)26-10-12-2-5-14(21)6-3-12/h2-9H,10H2,1H3,(H,22,23,24,25)/b17-9-. The Labute approximate surface area is 167 Å². The summed E-state index contributed by atoms with van der Waals surface area (Å²) in [5.74, 6) is -0.332. The monoisotopic (exact) mass is 448 g/mol. The largest absolute Gasteiger partial charge is 0.488 e. The van der Waals surface area contributed by atoms with Crippen LogP contribution in [0.4, 0.5) is 4.39 Å². The number of ether oxygens (including phenoxy) is 1. The van der Waals surface area contributed by atoms with Crippen LogP contribution in [0.25, 0.3) is 6.08 Å². The Morgan fingerprint density at radius 1 is 1.30 bits per heavy atom. The first-order valence-electron chi connectivity index (χ1n) is 7.87. The molecule has 138 valence electrons. The molecule has 2 amide bonds. The summed E-state index contributed by atoms with van der Waals surface area (Å²) in [6.45, 7) is 1.67. The molecule has 1 aliphatic heterocycles. The van der Waals surface area contributed by atoms with Gasteiger partial charge in [-0.05, 0) is 69.2 Å². The third-order valence-electron chi connectivity index (χ3n) is 3.46. The van der Waals surface area contributed by atoms with E-state index in [2.05, 4.69) is 26.2 Å². The van der Waals surface area contributed by atoms with E-state index in [9.17, 15) is 14.0 Å². The number of benzene rings is 2. The molecule has 8 heteroatoms. The van der Waals surface area contributed by atoms with Gasteiger partial charge in [-0.3, -0.25) is 9.59 Å². The Hall–Kier alpha value is -2.45. The number of amides is 2. The van der Waals surface area contributed by atoms with Gasteiger partial charge in [0.2, 0.25) is 5.91 Å². The van der Waals surface area contributed by atoms with Crippen molar-refractivity contribution >= 4 is 50.7 Å². The number of thioether (sulfide) groups is 1. The van der Waals surface area contributed by atoms with Crippen LogP contribution in [0, 0.1) is 5.82 Å². The molecule has 27 heavy (non-hydrogen) atoms. The van der Waals surface area contributed by atoms with Crippen LogP contribution in [0.15, 0.2) is 56.8 Å². The molecule has 1 N–H and O–H groups in total. The van der Waals surface area contributed by atoms with Crippen molar-refractivity contribution in [3.8, 4) is 5.75 Å². The maximum atomic E-state index is 12.9. The summed E-state index contributed by atoms with van der Waals surface area (Å²) in [5, 5.41) is 2.78. The minimum atomic E-state index is -0.392. The molecule has 2 aromatic rings. The molecule has 2 aromatic carbocycles. The van der Waals surface area contributed by atoms with E-state index in [1.54, 1.807) is 24.3 Å². The SMILES string of the molecule is CC(=O)NC1=NC(=O)/C(=C/c2ccc(OCc3ccc(F)cc3)c(Br)c2)S1. The minimum Gasteiger partial charge on any atom is -0.488 e. The van der Waals surface area contributed by atoms with Crippen LogP contribution in [0.5, 0.6) is 5.75 Å². The third kappa shape index (κ3) is 5.27. The second-order valence-corrected chi connectivity index (χ2v) is 7.50. The summed E-state index contributed by atoms with van der Waals surface area (Å²) in [6, 6.07) is 11.5. The van der Waals surface area contributed by atoms with Gasteiger partial charge >= 0.3 is 0 Å². The lowest BCUT2D eigenvalue weighted by molar-refractivity contribution is -0.117. The molecule has 0 aliphatic carbocycles. The average molecular weight is 449 g/mol. The molecule has 3 rings (SSSR count). The van der Waals surface area contributed by atoms with Crippen LogP contribution in [0.1, 0.15) is 18.1 Å². The van der Waals surface area contributed by atoms with Crippen LogP contribution >= 0.6 is 27.7 Å². The van der Waals surface area contributed by atoms with Gasteiger partial charge in [0.15, 0.2) is 5.17 Å². The van der Waals surface area contributed by atoms with Crippen LogP contribution in [0.2, 0.25) is 0 Å². The number of halogens is 2. The zero-order valence-corrected chi connectivity index (χ0v) is 16.6. The van der Waals surface area contributed by atoms with Gasteiger partial charge in [0.25, 0.3) is 5.91 Å². The molecule has 0 fully saturated rings. The topological polar surface area (TPSA) is 67.8 Å². The Balaban J connectivity index is 1.67. The van der Waals surface area contributed by atoms with Crippen molar-refractivity contribution in [2.24, 2.45) is 4.99 Å². The van der Waals surface area contributed by atoms with E-state index in [1.165, 1.54) is 19.1 Å². The van der Waals surface area contributed by atoms with Crippen molar-refractivity contribution in [2.75, 3.05) is 0 Å². The molecular formula is C19H14BrFN2O3S. The van der Waals surface area contributed by atoms with E-state index in [0.29, 0.717) is 17.3 Å². The molecule has 0 unspecified atom stereocenters. The number of nitrogens with one attached hydrogen (secondary N) is 1. The highest BCUT2D eigenvalue weighted by Crippen LogP contribution is 2.31. The smallest absolute Gasteiger partial charge is 0.286 e. The van der Waals surface area contributed by atoms with Crippen LogP contribution in [-0.4, -0.2) is 17.0 Å². The van der Waals surface area contributed by atoms with E-state index in [4.69, 9.17) is 4.74 Å². The predicted octanol–water partition coefficient (Wildman–Crippen LogP) is 4.27. The quantitative estimate of drug-likeness (QED) is 0.708. The lowest BCUT2D eigenvalue weighted by atomic mass is 10.2. The van der Waals surface area contributed by atoms with Gasteiger partial charge in [-0.1, -0.05) is 18.2 Å². The molecule has 0 radical (unpaired) electrons. The van der Waals surface area contributed by atoms with Gasteiger partial charge in [-0.15, -0.1) is 0 Å². The maximum Gasteiger partial charge on any atom is 0.286 e. The number of hydrogen-bond donors (Lipinski definition) is 1. The Bertz CT molecular complexity index is 958. The normalized spacial score (nSPS) is 15.0. The highest BCUT2D eigenvalue weighted by atomic mass is 79.9. The lowest BCUT2D eigenvalue weighted by Gasteiger charge is -2.09. The van der Waals surface area contributed by atoms with Gasteiger partial charge in [0.1, 0.15) is 18.2 Å². The molecule has 0 atom stereocenters. The van der Waals surface area contributed by atoms with Crippen molar-refractivity contribution in [3.05, 3.63) is 68.8 Å². The number of amidine groups is 1. The first kappa shape index (κ1) is 19.3. The van der Waals surface area contributed by atoms with Gasteiger partial charge in [0.05, 0.1) is 9.38 Å². The fourth-order valence-corrected chi connectivity index (χ4v) is 3.60. The average Bonchev–Trinajstić information content (AvgIpc) is 2.94. The predicted molar refractivity (Wildman–Crippen MR) is 107 cm³/mol. The first-order valence-corrected chi connectivity index (χ1v) is 9.48. The van der Waals surface area contributed by atoms with Crippen molar-refractivity contribution < 1.29 is 18.7 Å². The number of hydrogen-bond acceptors (Lipinski definition) is 4. The second-order valence-electron chi connectivity index (χ2n) is 5.62. The molecule has 0 spiro atoms. The van der Waals surface area contributed by atoms with Crippen molar-refractivity contribution in [2.45, 2.75) is 13.5 Å². The fourth-order valence-electron chi connectivity index (χ4n) is 2.23. The van der Waals surface area contributed by atoms with Gasteiger partial charge < -0.3 is 10.1 Å². The molecule has 0 saturated heterocycles. The third-order valence-corrected chi connectivity index (χ3v) is 4.98. The maximum absolute atomic E-state index is 12.9.